The molecule has 0 unspecified atom stereocenters. The van der Waals surface area contributed by atoms with Gasteiger partial charge in [-0.25, -0.2) is 4.79 Å². The number of nitrogens with zero attached hydrogens (tertiary/aromatic N) is 1. The molecule has 0 atom stereocenters. The van der Waals surface area contributed by atoms with E-state index in [1.54, 1.807) is 18.2 Å². The van der Waals surface area contributed by atoms with Crippen LogP contribution in [0.15, 0.2) is 46.9 Å². The third-order valence-electron chi connectivity index (χ3n) is 2.53. The molecule has 0 aliphatic carbocycles. The number of benzene rings is 2. The van der Waals surface area contributed by atoms with Crippen LogP contribution >= 0.6 is 27.5 Å². The number of nitro benzene ring substituents is 1. The van der Waals surface area contributed by atoms with Crippen LogP contribution in [0.25, 0.3) is 0 Å². The van der Waals surface area contributed by atoms with Gasteiger partial charge in [-0.15, -0.1) is 0 Å². The largest absolute Gasteiger partial charge is 0.481 e. The summed E-state index contributed by atoms with van der Waals surface area (Å²) < 4.78 is 10.8. The van der Waals surface area contributed by atoms with Gasteiger partial charge in [-0.1, -0.05) is 23.7 Å². The average Bonchev–Trinajstić information content (AvgIpc) is 2.46. The van der Waals surface area contributed by atoms with Crippen LogP contribution in [0.4, 0.5) is 5.69 Å². The summed E-state index contributed by atoms with van der Waals surface area (Å²) in [6.07, 6.45) is 0. The van der Waals surface area contributed by atoms with Gasteiger partial charge in [-0.05, 0) is 40.2 Å². The summed E-state index contributed by atoms with van der Waals surface area (Å²) in [4.78, 5) is 21.9. The van der Waals surface area contributed by atoms with E-state index in [9.17, 15) is 14.9 Å². The SMILES string of the molecule is O=C(COc1ccc(Cl)cc1Br)Oc1ccccc1[N+](=O)[O-]. The van der Waals surface area contributed by atoms with E-state index >= 15 is 0 Å². The Hall–Kier alpha value is -2.12. The first-order chi connectivity index (χ1) is 10.5. The predicted molar refractivity (Wildman–Crippen MR) is 83.4 cm³/mol. The molecule has 0 saturated heterocycles. The number of nitro groups is 1. The van der Waals surface area contributed by atoms with Crippen LogP contribution in [0.5, 0.6) is 11.5 Å². The number of carbonyl (C=O) groups excluding carboxylic acids is 1. The molecular weight excluding hydrogens is 378 g/mol. The van der Waals surface area contributed by atoms with E-state index in [0.717, 1.165) is 0 Å². The van der Waals surface area contributed by atoms with Gasteiger partial charge < -0.3 is 9.47 Å². The number of esters is 1. The molecule has 0 spiro atoms. The van der Waals surface area contributed by atoms with E-state index in [4.69, 9.17) is 21.1 Å². The summed E-state index contributed by atoms with van der Waals surface area (Å²) in [5.74, 6) is -0.476. The number of ether oxygens (including phenoxy) is 2. The standard InChI is InChI=1S/C14H9BrClNO5/c15-10-7-9(16)5-6-12(10)21-8-14(18)22-13-4-2-1-3-11(13)17(19)20/h1-7H,8H2. The van der Waals surface area contributed by atoms with Crippen LogP contribution in [0.2, 0.25) is 5.02 Å². The second-order valence-electron chi connectivity index (χ2n) is 4.06. The normalized spacial score (nSPS) is 10.1. The maximum atomic E-state index is 11.7. The summed E-state index contributed by atoms with van der Waals surface area (Å²) in [6, 6.07) is 10.4. The Morgan fingerprint density at radius 1 is 1.23 bits per heavy atom. The molecule has 0 saturated carbocycles. The predicted octanol–water partition coefficient (Wildman–Crippen LogP) is 4.00. The van der Waals surface area contributed by atoms with Gasteiger partial charge in [-0.2, -0.15) is 0 Å². The number of hydrogen-bond donors (Lipinski definition) is 0. The number of halogens is 2. The summed E-state index contributed by atoms with van der Waals surface area (Å²) in [5.41, 5.74) is -0.288. The van der Waals surface area contributed by atoms with E-state index in [2.05, 4.69) is 15.9 Å². The third-order valence-corrected chi connectivity index (χ3v) is 3.38. The lowest BCUT2D eigenvalue weighted by atomic mass is 10.3. The van der Waals surface area contributed by atoms with Crippen molar-refractivity contribution in [3.05, 3.63) is 62.1 Å². The van der Waals surface area contributed by atoms with Gasteiger partial charge in [0.25, 0.3) is 0 Å². The number of rotatable bonds is 5. The molecule has 2 aromatic rings. The smallest absolute Gasteiger partial charge is 0.349 e. The van der Waals surface area contributed by atoms with Crippen LogP contribution < -0.4 is 9.47 Å². The Kier molecular flexibility index (Phi) is 5.35. The maximum absolute atomic E-state index is 11.7. The first-order valence-corrected chi connectivity index (χ1v) is 7.16. The highest BCUT2D eigenvalue weighted by atomic mass is 79.9. The van der Waals surface area contributed by atoms with Gasteiger partial charge in [0, 0.05) is 11.1 Å². The molecule has 0 N–H and O–H groups in total. The van der Waals surface area contributed by atoms with Gasteiger partial charge in [0.15, 0.2) is 6.61 Å². The van der Waals surface area contributed by atoms with Crippen molar-refractivity contribution in [1.82, 2.24) is 0 Å². The summed E-state index contributed by atoms with van der Waals surface area (Å²) in [5, 5.41) is 11.3. The van der Waals surface area contributed by atoms with Crippen LogP contribution in [0.3, 0.4) is 0 Å². The third kappa shape index (κ3) is 4.19. The first kappa shape index (κ1) is 16.3. The number of hydrogen-bond acceptors (Lipinski definition) is 5. The van der Waals surface area contributed by atoms with E-state index in [0.29, 0.717) is 15.2 Å². The number of para-hydroxylation sites is 2. The zero-order chi connectivity index (χ0) is 16.1. The Morgan fingerprint density at radius 3 is 2.64 bits per heavy atom. The highest BCUT2D eigenvalue weighted by Gasteiger charge is 2.17. The zero-order valence-corrected chi connectivity index (χ0v) is 13.3. The minimum absolute atomic E-state index is 0.128. The van der Waals surface area contributed by atoms with Crippen molar-refractivity contribution in [1.29, 1.82) is 0 Å². The van der Waals surface area contributed by atoms with E-state index in [-0.39, 0.29) is 11.4 Å². The highest BCUT2D eigenvalue weighted by molar-refractivity contribution is 9.10. The van der Waals surface area contributed by atoms with Crippen LogP contribution in [0.1, 0.15) is 0 Å². The minimum atomic E-state index is -0.754. The Morgan fingerprint density at radius 2 is 1.95 bits per heavy atom. The molecule has 0 aliphatic rings. The molecule has 6 nitrogen and oxygen atoms in total. The quantitative estimate of drug-likeness (QED) is 0.336. The van der Waals surface area contributed by atoms with Crippen LogP contribution in [-0.2, 0) is 4.79 Å². The fraction of sp³-hybridized carbons (Fsp3) is 0.0714. The molecule has 2 rings (SSSR count). The maximum Gasteiger partial charge on any atom is 0.349 e. The van der Waals surface area contributed by atoms with Crippen molar-refractivity contribution in [3.8, 4) is 11.5 Å². The van der Waals surface area contributed by atoms with Crippen LogP contribution in [-0.4, -0.2) is 17.5 Å². The molecule has 8 heteroatoms. The molecule has 0 aliphatic heterocycles. The molecule has 0 radical (unpaired) electrons. The van der Waals surface area contributed by atoms with Crippen LogP contribution in [0, 0.1) is 10.1 Å². The van der Waals surface area contributed by atoms with E-state index in [1.807, 2.05) is 0 Å². The average molecular weight is 387 g/mol. The Balaban J connectivity index is 2.00. The Bertz CT molecular complexity index is 722. The van der Waals surface area contributed by atoms with E-state index < -0.39 is 17.5 Å². The zero-order valence-electron chi connectivity index (χ0n) is 11.0. The lowest BCUT2D eigenvalue weighted by molar-refractivity contribution is -0.385. The van der Waals surface area contributed by atoms with Crippen molar-refractivity contribution in [2.45, 2.75) is 0 Å². The van der Waals surface area contributed by atoms with Gasteiger partial charge in [0.1, 0.15) is 5.75 Å². The molecule has 22 heavy (non-hydrogen) atoms. The van der Waals surface area contributed by atoms with Crippen molar-refractivity contribution in [2.24, 2.45) is 0 Å². The van der Waals surface area contributed by atoms with Gasteiger partial charge in [0.05, 0.1) is 9.40 Å². The second kappa shape index (κ2) is 7.24. The topological polar surface area (TPSA) is 78.7 Å². The lowest BCUT2D eigenvalue weighted by Crippen LogP contribution is -2.18. The monoisotopic (exact) mass is 385 g/mol. The molecule has 0 fully saturated rings. The second-order valence-corrected chi connectivity index (χ2v) is 5.35. The van der Waals surface area contributed by atoms with Crippen molar-refractivity contribution >= 4 is 39.2 Å². The fourth-order valence-electron chi connectivity index (χ4n) is 1.58. The van der Waals surface area contributed by atoms with Gasteiger partial charge in [-0.3, -0.25) is 10.1 Å². The molecule has 0 amide bonds. The van der Waals surface area contributed by atoms with Crippen molar-refractivity contribution < 1.29 is 19.2 Å². The molecular formula is C14H9BrClNO5. The molecule has 0 aromatic heterocycles. The fourth-order valence-corrected chi connectivity index (χ4v) is 2.37. The molecule has 0 bridgehead atoms. The molecule has 0 heterocycles. The summed E-state index contributed by atoms with van der Waals surface area (Å²) in [6.45, 7) is -0.397. The minimum Gasteiger partial charge on any atom is -0.481 e. The van der Waals surface area contributed by atoms with Gasteiger partial charge >= 0.3 is 11.7 Å². The summed E-state index contributed by atoms with van der Waals surface area (Å²) in [7, 11) is 0. The van der Waals surface area contributed by atoms with E-state index in [1.165, 1.54) is 24.3 Å². The van der Waals surface area contributed by atoms with Crippen molar-refractivity contribution in [2.75, 3.05) is 6.61 Å². The lowest BCUT2D eigenvalue weighted by Gasteiger charge is -2.08. The number of carbonyl (C=O) groups is 1. The Labute approximate surface area is 138 Å². The highest BCUT2D eigenvalue weighted by Crippen LogP contribution is 2.28. The summed E-state index contributed by atoms with van der Waals surface area (Å²) >= 11 is 9.04. The molecule has 114 valence electrons. The van der Waals surface area contributed by atoms with Gasteiger partial charge in [0.2, 0.25) is 5.75 Å². The van der Waals surface area contributed by atoms with Crippen molar-refractivity contribution in [3.63, 3.8) is 0 Å². The molecule has 2 aromatic carbocycles. The first-order valence-electron chi connectivity index (χ1n) is 5.99.